The van der Waals surface area contributed by atoms with Crippen LogP contribution in [0.3, 0.4) is 0 Å². The van der Waals surface area contributed by atoms with Crippen LogP contribution in [0.25, 0.3) is 22.1 Å². The lowest BCUT2D eigenvalue weighted by molar-refractivity contribution is -0.134. The fourth-order valence-corrected chi connectivity index (χ4v) is 4.28. The lowest BCUT2D eigenvalue weighted by atomic mass is 10.1. The first kappa shape index (κ1) is 16.7. The van der Waals surface area contributed by atoms with Crippen molar-refractivity contribution in [2.24, 2.45) is 0 Å². The summed E-state index contributed by atoms with van der Waals surface area (Å²) in [5.41, 5.74) is 2.83. The largest absolute Gasteiger partial charge is 0.378 e. The molecule has 142 valence electrons. The minimum Gasteiger partial charge on any atom is -0.378 e. The Morgan fingerprint density at radius 2 is 2.07 bits per heavy atom. The minimum atomic E-state index is 0.127. The van der Waals surface area contributed by atoms with Crippen molar-refractivity contribution < 1.29 is 9.53 Å². The molecule has 2 N–H and O–H groups in total. The third kappa shape index (κ3) is 2.98. The fraction of sp³-hybridized carbons (Fsp3) is 0.526. The van der Waals surface area contributed by atoms with Crippen molar-refractivity contribution in [1.82, 2.24) is 29.7 Å². The number of H-pyrrole nitrogens is 1. The lowest BCUT2D eigenvalue weighted by Gasteiger charge is -2.28. The van der Waals surface area contributed by atoms with Crippen LogP contribution in [0.15, 0.2) is 18.5 Å². The lowest BCUT2D eigenvalue weighted by Crippen LogP contribution is -2.42. The third-order valence-corrected chi connectivity index (χ3v) is 5.65. The predicted molar refractivity (Wildman–Crippen MR) is 102 cm³/mol. The quantitative estimate of drug-likeness (QED) is 0.726. The van der Waals surface area contributed by atoms with E-state index in [9.17, 15) is 4.79 Å². The van der Waals surface area contributed by atoms with Gasteiger partial charge in [0.1, 0.15) is 17.0 Å². The number of ether oxygens (including phenoxy) is 1. The third-order valence-electron chi connectivity index (χ3n) is 5.65. The molecule has 8 heteroatoms. The highest BCUT2D eigenvalue weighted by Gasteiger charge is 2.26. The Balaban J connectivity index is 1.58. The molecule has 0 aromatic carbocycles. The van der Waals surface area contributed by atoms with Gasteiger partial charge in [0.25, 0.3) is 0 Å². The molecule has 0 spiro atoms. The zero-order valence-electron chi connectivity index (χ0n) is 15.3. The smallest absolute Gasteiger partial charge is 0.230 e. The van der Waals surface area contributed by atoms with Gasteiger partial charge in [-0.05, 0) is 32.0 Å². The molecule has 0 unspecified atom stereocenters. The van der Waals surface area contributed by atoms with Gasteiger partial charge in [0.05, 0.1) is 31.3 Å². The van der Waals surface area contributed by atoms with Gasteiger partial charge in [0, 0.05) is 30.7 Å². The summed E-state index contributed by atoms with van der Waals surface area (Å²) < 4.78 is 7.68. The number of aromatic amines is 1. The zero-order valence-corrected chi connectivity index (χ0v) is 15.3. The van der Waals surface area contributed by atoms with Gasteiger partial charge < -0.3 is 24.5 Å². The summed E-state index contributed by atoms with van der Waals surface area (Å²) in [6.45, 7) is 4.53. The number of fused-ring (bicyclic) bond motifs is 3. The Morgan fingerprint density at radius 3 is 2.89 bits per heavy atom. The summed E-state index contributed by atoms with van der Waals surface area (Å²) >= 11 is 0. The molecule has 0 saturated carbocycles. The molecule has 1 amide bonds. The highest BCUT2D eigenvalue weighted by molar-refractivity contribution is 6.01. The molecule has 3 aromatic heterocycles. The van der Waals surface area contributed by atoms with E-state index in [0.717, 1.165) is 53.8 Å². The molecule has 0 bridgehead atoms. The average Bonchev–Trinajstić information content (AvgIpc) is 3.33. The molecule has 2 fully saturated rings. The molecule has 0 radical (unpaired) electrons. The molecule has 3 aromatic rings. The fourth-order valence-electron chi connectivity index (χ4n) is 4.28. The first-order chi connectivity index (χ1) is 13.3. The van der Waals surface area contributed by atoms with Crippen LogP contribution in [-0.2, 0) is 16.0 Å². The van der Waals surface area contributed by atoms with E-state index >= 15 is 0 Å². The molecule has 2 aliphatic rings. The van der Waals surface area contributed by atoms with E-state index in [4.69, 9.17) is 9.72 Å². The van der Waals surface area contributed by atoms with E-state index in [1.54, 1.807) is 0 Å². The van der Waals surface area contributed by atoms with Crippen LogP contribution in [0, 0.1) is 0 Å². The maximum Gasteiger partial charge on any atom is 0.230 e. The second kappa shape index (κ2) is 6.94. The number of nitrogens with zero attached hydrogens (tertiary/aromatic N) is 4. The van der Waals surface area contributed by atoms with Gasteiger partial charge in [-0.2, -0.15) is 0 Å². The zero-order chi connectivity index (χ0) is 18.2. The highest BCUT2D eigenvalue weighted by Crippen LogP contribution is 2.31. The molecular weight excluding hydrogens is 344 g/mol. The van der Waals surface area contributed by atoms with Crippen LogP contribution >= 0.6 is 0 Å². The first-order valence-corrected chi connectivity index (χ1v) is 9.70. The van der Waals surface area contributed by atoms with Gasteiger partial charge >= 0.3 is 0 Å². The van der Waals surface area contributed by atoms with Gasteiger partial charge in [0.15, 0.2) is 0 Å². The SMILES string of the molecule is O=C(Cc1nc2cnc3[nH]ccc3c2n1C1CCNCC1)N1CCOCC1. The van der Waals surface area contributed by atoms with E-state index in [0.29, 0.717) is 38.8 Å². The van der Waals surface area contributed by atoms with Crippen LogP contribution < -0.4 is 5.32 Å². The number of hydrogen-bond donors (Lipinski definition) is 2. The molecule has 0 atom stereocenters. The average molecular weight is 368 g/mol. The molecule has 5 rings (SSSR count). The Labute approximate surface area is 156 Å². The van der Waals surface area contributed by atoms with Crippen LogP contribution in [-0.4, -0.2) is 69.7 Å². The summed E-state index contributed by atoms with van der Waals surface area (Å²) in [5, 5.41) is 4.50. The second-order valence-corrected chi connectivity index (χ2v) is 7.28. The van der Waals surface area contributed by atoms with Gasteiger partial charge in [-0.25, -0.2) is 9.97 Å². The molecule has 2 saturated heterocycles. The van der Waals surface area contributed by atoms with Crippen molar-refractivity contribution in [3.63, 3.8) is 0 Å². The molecule has 8 nitrogen and oxygen atoms in total. The molecule has 0 aliphatic carbocycles. The van der Waals surface area contributed by atoms with Gasteiger partial charge in [0.2, 0.25) is 5.91 Å². The second-order valence-electron chi connectivity index (χ2n) is 7.28. The Bertz CT molecular complexity index is 965. The van der Waals surface area contributed by atoms with Crippen molar-refractivity contribution >= 4 is 28.0 Å². The summed E-state index contributed by atoms with van der Waals surface area (Å²) in [6, 6.07) is 2.40. The number of carbonyl (C=O) groups excluding carboxylic acids is 1. The Morgan fingerprint density at radius 1 is 1.26 bits per heavy atom. The van der Waals surface area contributed by atoms with E-state index < -0.39 is 0 Å². The van der Waals surface area contributed by atoms with Crippen LogP contribution in [0.5, 0.6) is 0 Å². The Kier molecular flexibility index (Phi) is 4.29. The maximum atomic E-state index is 12.9. The van der Waals surface area contributed by atoms with Crippen molar-refractivity contribution in [2.45, 2.75) is 25.3 Å². The maximum absolute atomic E-state index is 12.9. The van der Waals surface area contributed by atoms with Crippen molar-refractivity contribution in [3.8, 4) is 0 Å². The van der Waals surface area contributed by atoms with Gasteiger partial charge in [-0.3, -0.25) is 4.79 Å². The topological polar surface area (TPSA) is 88.1 Å². The number of carbonyl (C=O) groups is 1. The van der Waals surface area contributed by atoms with Crippen LogP contribution in [0.2, 0.25) is 0 Å². The van der Waals surface area contributed by atoms with Crippen molar-refractivity contribution in [2.75, 3.05) is 39.4 Å². The normalized spacial score (nSPS) is 19.2. The number of amides is 1. The highest BCUT2D eigenvalue weighted by atomic mass is 16.5. The van der Waals surface area contributed by atoms with Crippen LogP contribution in [0.4, 0.5) is 0 Å². The predicted octanol–water partition coefficient (Wildman–Crippen LogP) is 1.24. The van der Waals surface area contributed by atoms with Gasteiger partial charge in [-0.15, -0.1) is 0 Å². The van der Waals surface area contributed by atoms with Crippen molar-refractivity contribution in [1.29, 1.82) is 0 Å². The molecule has 2 aliphatic heterocycles. The van der Waals surface area contributed by atoms with E-state index in [2.05, 4.69) is 25.9 Å². The number of pyridine rings is 1. The summed E-state index contributed by atoms with van der Waals surface area (Å²) in [5.74, 6) is 0.978. The summed E-state index contributed by atoms with van der Waals surface area (Å²) in [6.07, 6.45) is 6.13. The number of rotatable bonds is 3. The van der Waals surface area contributed by atoms with Crippen molar-refractivity contribution in [3.05, 3.63) is 24.3 Å². The van der Waals surface area contributed by atoms with E-state index in [1.807, 2.05) is 17.3 Å². The molecule has 5 heterocycles. The van der Waals surface area contributed by atoms with Gasteiger partial charge in [-0.1, -0.05) is 0 Å². The number of hydrogen-bond acceptors (Lipinski definition) is 5. The standard InChI is InChI=1S/C19H24N6O2/c26-17(24-7-9-27-10-8-24)11-16-23-15-12-22-19-14(3-6-21-19)18(15)25(16)13-1-4-20-5-2-13/h3,6,12-13,20H,1-2,4-5,7-11H2,(H,21,22). The number of nitrogens with one attached hydrogen (secondary N) is 2. The number of morpholine rings is 1. The monoisotopic (exact) mass is 368 g/mol. The Hall–Kier alpha value is -2.45. The molecular formula is C19H24N6O2. The summed E-state index contributed by atoms with van der Waals surface area (Å²) in [4.78, 5) is 27.3. The summed E-state index contributed by atoms with van der Waals surface area (Å²) in [7, 11) is 0. The van der Waals surface area contributed by atoms with E-state index in [1.165, 1.54) is 0 Å². The number of piperidine rings is 1. The molecule has 27 heavy (non-hydrogen) atoms. The number of imidazole rings is 1. The van der Waals surface area contributed by atoms with E-state index in [-0.39, 0.29) is 5.91 Å². The van der Waals surface area contributed by atoms with Crippen LogP contribution in [0.1, 0.15) is 24.7 Å². The first-order valence-electron chi connectivity index (χ1n) is 9.70. The minimum absolute atomic E-state index is 0.127. The number of aromatic nitrogens is 4.